The van der Waals surface area contributed by atoms with E-state index in [1.54, 1.807) is 18.2 Å². The molecule has 31 heavy (non-hydrogen) atoms. The van der Waals surface area contributed by atoms with Gasteiger partial charge in [0, 0.05) is 11.1 Å². The van der Waals surface area contributed by atoms with E-state index in [1.807, 2.05) is 26.0 Å². The Morgan fingerprint density at radius 1 is 1.06 bits per heavy atom. The second-order valence-corrected chi connectivity index (χ2v) is 7.29. The van der Waals surface area contributed by atoms with Gasteiger partial charge in [-0.2, -0.15) is 15.2 Å². The number of benzene rings is 2. The Kier molecular flexibility index (Phi) is 4.43. The van der Waals surface area contributed by atoms with E-state index in [9.17, 15) is 9.18 Å². The topological polar surface area (TPSA) is 91.1 Å². The normalized spacial score (nSPS) is 11.3. The molecule has 9 heteroatoms. The zero-order chi connectivity index (χ0) is 21.5. The molecule has 154 valence electrons. The Labute approximate surface area is 175 Å². The lowest BCUT2D eigenvalue weighted by atomic mass is 10.0. The van der Waals surface area contributed by atoms with Crippen LogP contribution in [0.1, 0.15) is 17.0 Å². The van der Waals surface area contributed by atoms with Crippen molar-refractivity contribution < 1.29 is 8.91 Å². The van der Waals surface area contributed by atoms with Gasteiger partial charge in [-0.1, -0.05) is 28.9 Å². The molecular formula is C22H17FN6O2. The Hall–Kier alpha value is -4.14. The van der Waals surface area contributed by atoms with Crippen molar-refractivity contribution in [3.8, 4) is 22.6 Å². The molecule has 0 radical (unpaired) electrons. The number of aromatic nitrogens is 6. The molecular weight excluding hydrogens is 399 g/mol. The zero-order valence-electron chi connectivity index (χ0n) is 16.8. The Balaban J connectivity index is 1.47. The Morgan fingerprint density at radius 3 is 2.65 bits per heavy atom. The van der Waals surface area contributed by atoms with Crippen LogP contribution in [-0.4, -0.2) is 29.5 Å². The van der Waals surface area contributed by atoms with E-state index in [-0.39, 0.29) is 23.8 Å². The van der Waals surface area contributed by atoms with Gasteiger partial charge in [-0.25, -0.2) is 13.6 Å². The first-order valence-corrected chi connectivity index (χ1v) is 9.59. The number of nitrogens with zero attached hydrogens (tertiary/aromatic N) is 6. The van der Waals surface area contributed by atoms with Crippen molar-refractivity contribution in [2.24, 2.45) is 0 Å². The Bertz CT molecular complexity index is 1470. The minimum atomic E-state index is -0.350. The highest BCUT2D eigenvalue weighted by Gasteiger charge is 2.15. The van der Waals surface area contributed by atoms with Crippen LogP contribution in [0.4, 0.5) is 4.39 Å². The quantitative estimate of drug-likeness (QED) is 0.446. The number of halogens is 1. The fourth-order valence-electron chi connectivity index (χ4n) is 3.45. The molecule has 3 aromatic heterocycles. The minimum absolute atomic E-state index is 0.00754. The third kappa shape index (κ3) is 3.50. The summed E-state index contributed by atoms with van der Waals surface area (Å²) in [5.41, 5.74) is 4.58. The SMILES string of the molecule is Cc1ccc(-c2cc3c(=O)n(Cc4nc(-c5ccc(F)cc5)no4)ncn3n2)c(C)c1. The van der Waals surface area contributed by atoms with Gasteiger partial charge in [0.15, 0.2) is 0 Å². The van der Waals surface area contributed by atoms with Crippen molar-refractivity contribution in [1.82, 2.24) is 29.5 Å². The average Bonchev–Trinajstić information content (AvgIpc) is 3.38. The van der Waals surface area contributed by atoms with Crippen LogP contribution in [0.5, 0.6) is 0 Å². The van der Waals surface area contributed by atoms with E-state index in [2.05, 4.69) is 26.4 Å². The standard InChI is InChI=1S/C22H17FN6O2/c1-13-3-8-17(14(2)9-13)18-10-19-22(30)28(24-12-29(19)26-18)11-20-25-21(27-31-20)15-4-6-16(23)7-5-15/h3-10,12H,11H2,1-2H3. The lowest BCUT2D eigenvalue weighted by Crippen LogP contribution is -2.25. The number of fused-ring (bicyclic) bond motifs is 1. The van der Waals surface area contributed by atoms with E-state index < -0.39 is 0 Å². The summed E-state index contributed by atoms with van der Waals surface area (Å²) in [7, 11) is 0. The molecule has 0 spiro atoms. The average molecular weight is 416 g/mol. The second-order valence-electron chi connectivity index (χ2n) is 7.29. The number of hydrogen-bond donors (Lipinski definition) is 0. The fraction of sp³-hybridized carbons (Fsp3) is 0.136. The molecule has 2 aromatic carbocycles. The first-order valence-electron chi connectivity index (χ1n) is 9.59. The van der Waals surface area contributed by atoms with Crippen LogP contribution in [-0.2, 0) is 6.54 Å². The molecule has 0 fully saturated rings. The molecule has 0 aliphatic carbocycles. The van der Waals surface area contributed by atoms with Gasteiger partial charge in [0.25, 0.3) is 5.56 Å². The lowest BCUT2D eigenvalue weighted by Gasteiger charge is -2.02. The molecule has 0 saturated carbocycles. The van der Waals surface area contributed by atoms with E-state index in [1.165, 1.54) is 27.7 Å². The summed E-state index contributed by atoms with van der Waals surface area (Å²) in [4.78, 5) is 17.2. The van der Waals surface area contributed by atoms with Crippen LogP contribution in [0.15, 0.2) is 64.2 Å². The first kappa shape index (κ1) is 18.9. The van der Waals surface area contributed by atoms with Gasteiger partial charge in [0.2, 0.25) is 11.7 Å². The van der Waals surface area contributed by atoms with Gasteiger partial charge in [0.1, 0.15) is 24.2 Å². The van der Waals surface area contributed by atoms with Crippen molar-refractivity contribution in [3.05, 3.63) is 88.0 Å². The van der Waals surface area contributed by atoms with Crippen LogP contribution >= 0.6 is 0 Å². The summed E-state index contributed by atoms with van der Waals surface area (Å²) >= 11 is 0. The maximum absolute atomic E-state index is 13.1. The molecule has 0 unspecified atom stereocenters. The summed E-state index contributed by atoms with van der Waals surface area (Å²) in [6.07, 6.45) is 1.47. The molecule has 3 heterocycles. The van der Waals surface area contributed by atoms with Crippen molar-refractivity contribution in [3.63, 3.8) is 0 Å². The lowest BCUT2D eigenvalue weighted by molar-refractivity contribution is 0.362. The van der Waals surface area contributed by atoms with E-state index in [0.717, 1.165) is 16.7 Å². The number of hydrogen-bond acceptors (Lipinski definition) is 6. The molecule has 0 N–H and O–H groups in total. The van der Waals surface area contributed by atoms with Crippen molar-refractivity contribution in [2.45, 2.75) is 20.4 Å². The largest absolute Gasteiger partial charge is 0.337 e. The molecule has 0 amide bonds. The molecule has 0 atom stereocenters. The van der Waals surface area contributed by atoms with Crippen molar-refractivity contribution >= 4 is 5.52 Å². The zero-order valence-corrected chi connectivity index (χ0v) is 16.8. The first-order chi connectivity index (χ1) is 15.0. The third-order valence-electron chi connectivity index (χ3n) is 5.00. The van der Waals surface area contributed by atoms with Gasteiger partial charge in [-0.3, -0.25) is 4.79 Å². The van der Waals surface area contributed by atoms with Gasteiger partial charge >= 0.3 is 0 Å². The highest BCUT2D eigenvalue weighted by Crippen LogP contribution is 2.23. The molecule has 0 bridgehead atoms. The number of rotatable bonds is 4. The molecule has 8 nitrogen and oxygen atoms in total. The summed E-state index contributed by atoms with van der Waals surface area (Å²) in [5.74, 6) is 0.176. The monoisotopic (exact) mass is 416 g/mol. The predicted octanol–water partition coefficient (Wildman–Crippen LogP) is 3.41. The maximum Gasteiger partial charge on any atom is 0.293 e. The molecule has 0 saturated heterocycles. The molecule has 5 rings (SSSR count). The van der Waals surface area contributed by atoms with Crippen LogP contribution < -0.4 is 5.56 Å². The predicted molar refractivity (Wildman–Crippen MR) is 111 cm³/mol. The maximum atomic E-state index is 13.1. The van der Waals surface area contributed by atoms with Crippen LogP contribution in [0.2, 0.25) is 0 Å². The van der Waals surface area contributed by atoms with Gasteiger partial charge in [-0.15, -0.1) is 0 Å². The summed E-state index contributed by atoms with van der Waals surface area (Å²) in [6, 6.07) is 13.6. The smallest absolute Gasteiger partial charge is 0.293 e. The van der Waals surface area contributed by atoms with Crippen LogP contribution in [0.3, 0.4) is 0 Å². The van der Waals surface area contributed by atoms with E-state index in [4.69, 9.17) is 4.52 Å². The molecule has 0 aliphatic heterocycles. The molecule has 0 aliphatic rings. The highest BCUT2D eigenvalue weighted by molar-refractivity contribution is 5.68. The van der Waals surface area contributed by atoms with Gasteiger partial charge in [0.05, 0.1) is 5.69 Å². The fourth-order valence-corrected chi connectivity index (χ4v) is 3.45. The third-order valence-corrected chi connectivity index (χ3v) is 5.00. The highest BCUT2D eigenvalue weighted by atomic mass is 19.1. The number of aryl methyl sites for hydroxylation is 2. The summed E-state index contributed by atoms with van der Waals surface area (Å²) < 4.78 is 21.0. The summed E-state index contributed by atoms with van der Waals surface area (Å²) in [6.45, 7) is 4.05. The second kappa shape index (κ2) is 7.28. The van der Waals surface area contributed by atoms with Crippen LogP contribution in [0.25, 0.3) is 28.2 Å². The van der Waals surface area contributed by atoms with E-state index in [0.29, 0.717) is 22.6 Å². The molecule has 5 aromatic rings. The summed E-state index contributed by atoms with van der Waals surface area (Å²) in [5, 5.41) is 12.6. The van der Waals surface area contributed by atoms with Crippen LogP contribution in [0, 0.1) is 19.7 Å². The van der Waals surface area contributed by atoms with Gasteiger partial charge < -0.3 is 4.52 Å². The minimum Gasteiger partial charge on any atom is -0.337 e. The Morgan fingerprint density at radius 2 is 1.87 bits per heavy atom. The van der Waals surface area contributed by atoms with Gasteiger partial charge in [-0.05, 0) is 49.7 Å². The van der Waals surface area contributed by atoms with Crippen molar-refractivity contribution in [2.75, 3.05) is 0 Å². The van der Waals surface area contributed by atoms with E-state index >= 15 is 0 Å². The van der Waals surface area contributed by atoms with Crippen molar-refractivity contribution in [1.29, 1.82) is 0 Å².